The Bertz CT molecular complexity index is 851. The highest BCUT2D eigenvalue weighted by Gasteiger charge is 2.09. The maximum atomic E-state index is 12.1. The molecule has 0 atom stereocenters. The highest BCUT2D eigenvalue weighted by Crippen LogP contribution is 2.25. The average molecular weight is 339 g/mol. The van der Waals surface area contributed by atoms with E-state index in [4.69, 9.17) is 11.6 Å². The van der Waals surface area contributed by atoms with Crippen LogP contribution in [0.25, 0.3) is 0 Å². The summed E-state index contributed by atoms with van der Waals surface area (Å²) in [6, 6.07) is 14.8. The summed E-state index contributed by atoms with van der Waals surface area (Å²) in [6.07, 6.45) is 2.95. The van der Waals surface area contributed by atoms with Gasteiger partial charge in [-0.15, -0.1) is 0 Å². The van der Waals surface area contributed by atoms with Crippen LogP contribution in [0.2, 0.25) is 5.02 Å². The highest BCUT2D eigenvalue weighted by atomic mass is 35.5. The molecule has 24 heavy (non-hydrogen) atoms. The second-order valence-corrected chi connectivity index (χ2v) is 5.55. The van der Waals surface area contributed by atoms with E-state index in [1.807, 2.05) is 55.5 Å². The first-order valence-electron chi connectivity index (χ1n) is 7.34. The van der Waals surface area contributed by atoms with E-state index in [-0.39, 0.29) is 11.6 Å². The molecule has 0 fully saturated rings. The van der Waals surface area contributed by atoms with Crippen LogP contribution < -0.4 is 10.6 Å². The van der Waals surface area contributed by atoms with Crippen molar-refractivity contribution in [3.05, 3.63) is 77.2 Å². The number of benzene rings is 2. The normalized spacial score (nSPS) is 10.2. The number of carbonyl (C=O) groups is 1. The standard InChI is InChI=1S/C18H15ClN4O/c1-12-14(19)8-5-9-15(12)23-17-11-20-16(10-21-17)18(24)22-13-6-3-2-4-7-13/h2-11H,1H3,(H,21,23)(H,22,24). The van der Waals surface area contributed by atoms with Crippen LogP contribution in [0.5, 0.6) is 0 Å². The van der Waals surface area contributed by atoms with Crippen LogP contribution in [0.3, 0.4) is 0 Å². The maximum Gasteiger partial charge on any atom is 0.275 e. The zero-order valence-corrected chi connectivity index (χ0v) is 13.7. The number of nitrogens with zero attached hydrogens (tertiary/aromatic N) is 2. The van der Waals surface area contributed by atoms with Gasteiger partial charge in [0.1, 0.15) is 11.5 Å². The average Bonchev–Trinajstić information content (AvgIpc) is 2.60. The quantitative estimate of drug-likeness (QED) is 0.738. The van der Waals surface area contributed by atoms with E-state index >= 15 is 0 Å². The Hall–Kier alpha value is -2.92. The Morgan fingerprint density at radius 3 is 2.50 bits per heavy atom. The van der Waals surface area contributed by atoms with Crippen molar-refractivity contribution >= 4 is 34.7 Å². The summed E-state index contributed by atoms with van der Waals surface area (Å²) in [5, 5.41) is 6.58. The lowest BCUT2D eigenvalue weighted by molar-refractivity contribution is 0.102. The molecule has 3 aromatic rings. The van der Waals surface area contributed by atoms with E-state index in [1.54, 1.807) is 0 Å². The van der Waals surface area contributed by atoms with E-state index in [9.17, 15) is 4.79 Å². The Morgan fingerprint density at radius 2 is 1.79 bits per heavy atom. The van der Waals surface area contributed by atoms with Crippen molar-refractivity contribution in [2.24, 2.45) is 0 Å². The van der Waals surface area contributed by atoms with Gasteiger partial charge in [0.05, 0.1) is 12.4 Å². The summed E-state index contributed by atoms with van der Waals surface area (Å²) >= 11 is 6.09. The Kier molecular flexibility index (Phi) is 4.72. The van der Waals surface area contributed by atoms with E-state index in [0.29, 0.717) is 16.5 Å². The number of anilines is 3. The molecule has 0 radical (unpaired) electrons. The molecule has 0 unspecified atom stereocenters. The Morgan fingerprint density at radius 1 is 1.00 bits per heavy atom. The predicted molar refractivity (Wildman–Crippen MR) is 95.9 cm³/mol. The molecule has 0 spiro atoms. The molecule has 0 bridgehead atoms. The van der Waals surface area contributed by atoms with Crippen LogP contribution in [-0.2, 0) is 0 Å². The SMILES string of the molecule is Cc1c(Cl)cccc1Nc1cnc(C(=O)Nc2ccccc2)cn1. The van der Waals surface area contributed by atoms with Crippen LogP contribution in [0.1, 0.15) is 16.1 Å². The van der Waals surface area contributed by atoms with E-state index in [1.165, 1.54) is 12.4 Å². The van der Waals surface area contributed by atoms with Crippen molar-refractivity contribution in [1.82, 2.24) is 9.97 Å². The molecule has 6 heteroatoms. The lowest BCUT2D eigenvalue weighted by Gasteiger charge is -2.10. The molecule has 5 nitrogen and oxygen atoms in total. The summed E-state index contributed by atoms with van der Waals surface area (Å²) < 4.78 is 0. The van der Waals surface area contributed by atoms with Crippen molar-refractivity contribution in [3.63, 3.8) is 0 Å². The number of hydrogen-bond acceptors (Lipinski definition) is 4. The van der Waals surface area contributed by atoms with Crippen LogP contribution in [0.4, 0.5) is 17.2 Å². The second kappa shape index (κ2) is 7.10. The van der Waals surface area contributed by atoms with E-state index in [0.717, 1.165) is 11.3 Å². The maximum absolute atomic E-state index is 12.1. The lowest BCUT2D eigenvalue weighted by atomic mass is 10.2. The molecule has 3 rings (SSSR count). The molecule has 1 heterocycles. The van der Waals surface area contributed by atoms with E-state index in [2.05, 4.69) is 20.6 Å². The van der Waals surface area contributed by atoms with Crippen molar-refractivity contribution in [1.29, 1.82) is 0 Å². The van der Waals surface area contributed by atoms with Gasteiger partial charge in [0.2, 0.25) is 0 Å². The van der Waals surface area contributed by atoms with Crippen molar-refractivity contribution in [2.45, 2.75) is 6.92 Å². The first-order valence-corrected chi connectivity index (χ1v) is 7.72. The fourth-order valence-corrected chi connectivity index (χ4v) is 2.28. The molecular formula is C18H15ClN4O. The fourth-order valence-electron chi connectivity index (χ4n) is 2.11. The summed E-state index contributed by atoms with van der Waals surface area (Å²) in [4.78, 5) is 20.5. The van der Waals surface area contributed by atoms with Gasteiger partial charge in [-0.2, -0.15) is 0 Å². The third-order valence-corrected chi connectivity index (χ3v) is 3.86. The van der Waals surface area contributed by atoms with Gasteiger partial charge in [-0.3, -0.25) is 4.79 Å². The number of halogens is 1. The third-order valence-electron chi connectivity index (χ3n) is 3.45. The first kappa shape index (κ1) is 16.0. The molecule has 120 valence electrons. The highest BCUT2D eigenvalue weighted by molar-refractivity contribution is 6.31. The van der Waals surface area contributed by atoms with Gasteiger partial charge >= 0.3 is 0 Å². The van der Waals surface area contributed by atoms with Crippen LogP contribution in [0.15, 0.2) is 60.9 Å². The van der Waals surface area contributed by atoms with Crippen LogP contribution in [0, 0.1) is 6.92 Å². The van der Waals surface area contributed by atoms with Crippen LogP contribution >= 0.6 is 11.6 Å². The molecule has 0 aliphatic heterocycles. The molecular weight excluding hydrogens is 324 g/mol. The third kappa shape index (κ3) is 3.70. The van der Waals surface area contributed by atoms with Crippen molar-refractivity contribution in [2.75, 3.05) is 10.6 Å². The number of nitrogens with one attached hydrogen (secondary N) is 2. The molecule has 2 aromatic carbocycles. The Balaban J connectivity index is 1.71. The summed E-state index contributed by atoms with van der Waals surface area (Å²) in [5.41, 5.74) is 2.72. The minimum Gasteiger partial charge on any atom is -0.339 e. The number of rotatable bonds is 4. The van der Waals surface area contributed by atoms with Crippen LogP contribution in [-0.4, -0.2) is 15.9 Å². The second-order valence-electron chi connectivity index (χ2n) is 5.14. The van der Waals surface area contributed by atoms with Gasteiger partial charge in [-0.25, -0.2) is 9.97 Å². The number of hydrogen-bond donors (Lipinski definition) is 2. The molecule has 0 aliphatic carbocycles. The van der Waals surface area contributed by atoms with Gasteiger partial charge in [0.15, 0.2) is 0 Å². The minimum atomic E-state index is -0.306. The summed E-state index contributed by atoms with van der Waals surface area (Å²) in [6.45, 7) is 1.92. The molecule has 0 aliphatic rings. The molecule has 0 saturated heterocycles. The Labute approximate surface area is 144 Å². The summed E-state index contributed by atoms with van der Waals surface area (Å²) in [5.74, 6) is 0.232. The molecule has 2 N–H and O–H groups in total. The summed E-state index contributed by atoms with van der Waals surface area (Å²) in [7, 11) is 0. The monoisotopic (exact) mass is 338 g/mol. The molecule has 0 saturated carbocycles. The van der Waals surface area contributed by atoms with Crippen molar-refractivity contribution < 1.29 is 4.79 Å². The van der Waals surface area contributed by atoms with Gasteiger partial charge < -0.3 is 10.6 Å². The minimum absolute atomic E-state index is 0.243. The number of para-hydroxylation sites is 1. The predicted octanol–water partition coefficient (Wildman–Crippen LogP) is 4.43. The van der Waals surface area contributed by atoms with Gasteiger partial charge in [0, 0.05) is 16.4 Å². The zero-order valence-electron chi connectivity index (χ0n) is 13.0. The fraction of sp³-hybridized carbons (Fsp3) is 0.0556. The van der Waals surface area contributed by atoms with Gasteiger partial charge in [-0.1, -0.05) is 35.9 Å². The molecule has 1 aromatic heterocycles. The number of amides is 1. The number of aromatic nitrogens is 2. The van der Waals surface area contributed by atoms with E-state index < -0.39 is 0 Å². The van der Waals surface area contributed by atoms with Crippen molar-refractivity contribution in [3.8, 4) is 0 Å². The largest absolute Gasteiger partial charge is 0.339 e. The lowest BCUT2D eigenvalue weighted by Crippen LogP contribution is -2.14. The smallest absolute Gasteiger partial charge is 0.275 e. The van der Waals surface area contributed by atoms with Gasteiger partial charge in [-0.05, 0) is 36.8 Å². The topological polar surface area (TPSA) is 66.9 Å². The molecule has 1 amide bonds. The van der Waals surface area contributed by atoms with Gasteiger partial charge in [0.25, 0.3) is 5.91 Å². The zero-order chi connectivity index (χ0) is 16.9. The number of carbonyl (C=O) groups excluding carboxylic acids is 1. The first-order chi connectivity index (χ1) is 11.6.